The highest BCUT2D eigenvalue weighted by Crippen LogP contribution is 2.14. The Balaban J connectivity index is 1.52. The summed E-state index contributed by atoms with van der Waals surface area (Å²) in [5, 5.41) is 6.06. The molecule has 1 atom stereocenters. The van der Waals surface area contributed by atoms with E-state index in [1.54, 1.807) is 6.33 Å². The summed E-state index contributed by atoms with van der Waals surface area (Å²) < 4.78 is 7.26. The van der Waals surface area contributed by atoms with Gasteiger partial charge in [-0.05, 0) is 26.7 Å². The van der Waals surface area contributed by atoms with Gasteiger partial charge in [-0.3, -0.25) is 9.36 Å². The van der Waals surface area contributed by atoms with Gasteiger partial charge in [-0.2, -0.15) is 0 Å². The number of ether oxygens (including phenoxy) is 1. The van der Waals surface area contributed by atoms with Gasteiger partial charge in [0, 0.05) is 31.5 Å². The molecular weight excluding hydrogens is 308 g/mol. The second kappa shape index (κ2) is 7.39. The Hall–Kier alpha value is -2.48. The maximum Gasteiger partial charge on any atom is 0.249 e. The molecule has 0 saturated carbocycles. The van der Waals surface area contributed by atoms with Gasteiger partial charge in [-0.15, -0.1) is 0 Å². The Labute approximate surface area is 140 Å². The second-order valence-corrected chi connectivity index (χ2v) is 5.77. The first kappa shape index (κ1) is 16.4. The number of hydrogen-bond donors (Lipinski definition) is 2. The number of carbonyl (C=O) groups excluding carboxylic acids is 1. The average molecular weight is 330 g/mol. The molecule has 0 bridgehead atoms. The maximum atomic E-state index is 11.8. The Morgan fingerprint density at radius 2 is 2.21 bits per heavy atom. The summed E-state index contributed by atoms with van der Waals surface area (Å²) in [5.74, 6) is 1.42. The van der Waals surface area contributed by atoms with Crippen LogP contribution >= 0.6 is 0 Å². The first-order valence-electron chi connectivity index (χ1n) is 8.11. The Bertz CT molecular complexity index is 708. The summed E-state index contributed by atoms with van der Waals surface area (Å²) in [6.45, 7) is 5.73. The van der Waals surface area contributed by atoms with Crippen LogP contribution in [-0.2, 0) is 9.53 Å². The smallest absolute Gasteiger partial charge is 0.249 e. The molecule has 1 aliphatic rings. The van der Waals surface area contributed by atoms with Crippen molar-refractivity contribution in [2.75, 3.05) is 25.0 Å². The molecule has 1 aliphatic heterocycles. The first-order chi connectivity index (χ1) is 11.6. The van der Waals surface area contributed by atoms with E-state index < -0.39 is 0 Å². The standard InChI is InChI=1S/C16H22N6O2/c1-11-12(2)22(10-21-11)15-8-14(19-9-20-15)17-5-6-18-16(23)13-4-3-7-24-13/h8-10,13H,3-7H2,1-2H3,(H,18,23)(H,17,19,20)/t13-/m1/s1. The van der Waals surface area contributed by atoms with Crippen molar-refractivity contribution in [3.63, 3.8) is 0 Å². The van der Waals surface area contributed by atoms with Crippen LogP contribution in [0, 0.1) is 13.8 Å². The van der Waals surface area contributed by atoms with E-state index >= 15 is 0 Å². The van der Waals surface area contributed by atoms with Crippen LogP contribution in [0.4, 0.5) is 5.82 Å². The van der Waals surface area contributed by atoms with Crippen LogP contribution in [0.2, 0.25) is 0 Å². The van der Waals surface area contributed by atoms with Gasteiger partial charge in [-0.25, -0.2) is 15.0 Å². The lowest BCUT2D eigenvalue weighted by atomic mass is 10.2. The van der Waals surface area contributed by atoms with E-state index in [-0.39, 0.29) is 12.0 Å². The average Bonchev–Trinajstić information content (AvgIpc) is 3.23. The predicted molar refractivity (Wildman–Crippen MR) is 89.1 cm³/mol. The number of nitrogens with zero attached hydrogens (tertiary/aromatic N) is 4. The van der Waals surface area contributed by atoms with Crippen LogP contribution in [-0.4, -0.2) is 51.2 Å². The van der Waals surface area contributed by atoms with E-state index in [1.165, 1.54) is 6.33 Å². The molecule has 0 radical (unpaired) electrons. The molecule has 1 fully saturated rings. The lowest BCUT2D eigenvalue weighted by Gasteiger charge is -2.11. The van der Waals surface area contributed by atoms with Crippen molar-refractivity contribution in [2.24, 2.45) is 0 Å². The quantitative estimate of drug-likeness (QED) is 0.767. The third-order valence-corrected chi connectivity index (χ3v) is 4.10. The highest BCUT2D eigenvalue weighted by molar-refractivity contribution is 5.80. The number of hydrogen-bond acceptors (Lipinski definition) is 6. The molecule has 24 heavy (non-hydrogen) atoms. The molecule has 8 nitrogen and oxygen atoms in total. The van der Waals surface area contributed by atoms with Crippen molar-refractivity contribution < 1.29 is 9.53 Å². The molecule has 0 unspecified atom stereocenters. The molecule has 2 N–H and O–H groups in total. The zero-order valence-corrected chi connectivity index (χ0v) is 14.0. The van der Waals surface area contributed by atoms with E-state index in [1.807, 2.05) is 24.5 Å². The fourth-order valence-corrected chi connectivity index (χ4v) is 2.58. The molecule has 0 spiro atoms. The molecule has 3 heterocycles. The highest BCUT2D eigenvalue weighted by Gasteiger charge is 2.22. The van der Waals surface area contributed by atoms with Gasteiger partial charge in [0.1, 0.15) is 30.4 Å². The Morgan fingerprint density at radius 1 is 1.33 bits per heavy atom. The number of anilines is 1. The number of aryl methyl sites for hydroxylation is 1. The fraction of sp³-hybridized carbons (Fsp3) is 0.500. The summed E-state index contributed by atoms with van der Waals surface area (Å²) in [6.07, 6.45) is 4.73. The third-order valence-electron chi connectivity index (χ3n) is 4.10. The van der Waals surface area contributed by atoms with Gasteiger partial charge in [-0.1, -0.05) is 0 Å². The molecule has 1 amide bonds. The van der Waals surface area contributed by atoms with E-state index in [0.29, 0.717) is 25.5 Å². The van der Waals surface area contributed by atoms with Gasteiger partial charge >= 0.3 is 0 Å². The lowest BCUT2D eigenvalue weighted by molar-refractivity contribution is -0.129. The number of aromatic nitrogens is 4. The van der Waals surface area contributed by atoms with Crippen molar-refractivity contribution in [3.05, 3.63) is 30.1 Å². The number of imidazole rings is 1. The normalized spacial score (nSPS) is 17.0. The largest absolute Gasteiger partial charge is 0.368 e. The summed E-state index contributed by atoms with van der Waals surface area (Å²) in [6, 6.07) is 1.86. The van der Waals surface area contributed by atoms with E-state index in [0.717, 1.165) is 30.0 Å². The zero-order chi connectivity index (χ0) is 16.9. The zero-order valence-electron chi connectivity index (χ0n) is 14.0. The molecule has 1 saturated heterocycles. The van der Waals surface area contributed by atoms with Gasteiger partial charge in [0.05, 0.1) is 5.69 Å². The van der Waals surface area contributed by atoms with Crippen molar-refractivity contribution in [2.45, 2.75) is 32.8 Å². The van der Waals surface area contributed by atoms with Crippen molar-refractivity contribution in [1.29, 1.82) is 0 Å². The van der Waals surface area contributed by atoms with Crippen LogP contribution in [0.3, 0.4) is 0 Å². The van der Waals surface area contributed by atoms with Crippen molar-refractivity contribution >= 4 is 11.7 Å². The van der Waals surface area contributed by atoms with Crippen LogP contribution in [0.1, 0.15) is 24.2 Å². The van der Waals surface area contributed by atoms with Crippen LogP contribution in [0.5, 0.6) is 0 Å². The molecule has 0 aliphatic carbocycles. The maximum absolute atomic E-state index is 11.8. The number of nitrogens with one attached hydrogen (secondary N) is 2. The minimum absolute atomic E-state index is 0.0396. The lowest BCUT2D eigenvalue weighted by Crippen LogP contribution is -2.36. The molecule has 128 valence electrons. The molecule has 2 aromatic rings. The number of carbonyl (C=O) groups is 1. The van der Waals surface area contributed by atoms with Crippen molar-refractivity contribution in [1.82, 2.24) is 24.8 Å². The molecule has 0 aromatic carbocycles. The highest BCUT2D eigenvalue weighted by atomic mass is 16.5. The van der Waals surface area contributed by atoms with Crippen LogP contribution in [0.25, 0.3) is 5.82 Å². The summed E-state index contributed by atoms with van der Waals surface area (Å²) in [7, 11) is 0. The number of amides is 1. The topological polar surface area (TPSA) is 94.0 Å². The van der Waals surface area contributed by atoms with Gasteiger partial charge in [0.15, 0.2) is 0 Å². The third kappa shape index (κ3) is 3.70. The van der Waals surface area contributed by atoms with Crippen LogP contribution in [0.15, 0.2) is 18.7 Å². The molecule has 3 rings (SSSR count). The number of rotatable bonds is 6. The van der Waals surface area contributed by atoms with Gasteiger partial charge in [0.25, 0.3) is 0 Å². The minimum Gasteiger partial charge on any atom is -0.368 e. The van der Waals surface area contributed by atoms with E-state index in [4.69, 9.17) is 4.74 Å². The Kier molecular flexibility index (Phi) is 5.05. The molecule has 2 aromatic heterocycles. The first-order valence-corrected chi connectivity index (χ1v) is 8.11. The van der Waals surface area contributed by atoms with Crippen molar-refractivity contribution in [3.8, 4) is 5.82 Å². The molecule has 8 heteroatoms. The summed E-state index contributed by atoms with van der Waals surface area (Å²) in [4.78, 5) is 24.6. The Morgan fingerprint density at radius 3 is 2.92 bits per heavy atom. The predicted octanol–water partition coefficient (Wildman–Crippen LogP) is 0.986. The van der Waals surface area contributed by atoms with E-state index in [2.05, 4.69) is 25.6 Å². The summed E-state index contributed by atoms with van der Waals surface area (Å²) in [5.41, 5.74) is 2.02. The minimum atomic E-state index is -0.289. The van der Waals surface area contributed by atoms with Gasteiger partial charge in [0.2, 0.25) is 5.91 Å². The molecular formula is C16H22N6O2. The second-order valence-electron chi connectivity index (χ2n) is 5.77. The van der Waals surface area contributed by atoms with Crippen LogP contribution < -0.4 is 10.6 Å². The fourth-order valence-electron chi connectivity index (χ4n) is 2.58. The van der Waals surface area contributed by atoms with E-state index in [9.17, 15) is 4.79 Å². The summed E-state index contributed by atoms with van der Waals surface area (Å²) >= 11 is 0. The SMILES string of the molecule is Cc1ncn(-c2cc(NCCNC(=O)[C@H]3CCCO3)ncn2)c1C. The monoisotopic (exact) mass is 330 g/mol. The van der Waals surface area contributed by atoms with Gasteiger partial charge < -0.3 is 15.4 Å².